The maximum absolute atomic E-state index is 12.3. The lowest BCUT2D eigenvalue weighted by Crippen LogP contribution is -2.33. The van der Waals surface area contributed by atoms with Gasteiger partial charge in [0, 0.05) is 13.1 Å². The van der Waals surface area contributed by atoms with Gasteiger partial charge in [-0.05, 0) is 68.7 Å². The number of nitrogens with zero attached hydrogens (tertiary/aromatic N) is 1. The number of hydrogen-bond donors (Lipinski definition) is 0. The SMILES string of the molecule is CCCc1ccc(C(=O)Oc2ccc(OC(=O)N(CC)CC)c(C)c2)cc1. The van der Waals surface area contributed by atoms with E-state index in [1.807, 2.05) is 32.9 Å². The van der Waals surface area contributed by atoms with Gasteiger partial charge in [0.25, 0.3) is 0 Å². The van der Waals surface area contributed by atoms with Crippen molar-refractivity contribution < 1.29 is 19.1 Å². The topological polar surface area (TPSA) is 55.8 Å². The standard InChI is InChI=1S/C22H27NO4/c1-5-8-17-9-11-18(12-10-17)21(24)26-19-13-14-20(16(4)15-19)27-22(25)23(6-2)7-3/h9-15H,5-8H2,1-4H3. The molecule has 0 fully saturated rings. The number of carbonyl (C=O) groups is 2. The Morgan fingerprint density at radius 1 is 0.926 bits per heavy atom. The van der Waals surface area contributed by atoms with Gasteiger partial charge in [-0.2, -0.15) is 0 Å². The zero-order valence-electron chi connectivity index (χ0n) is 16.5. The summed E-state index contributed by atoms with van der Waals surface area (Å²) >= 11 is 0. The Hall–Kier alpha value is -2.82. The zero-order chi connectivity index (χ0) is 19.8. The van der Waals surface area contributed by atoms with Crippen molar-refractivity contribution in [3.05, 3.63) is 59.2 Å². The van der Waals surface area contributed by atoms with Crippen molar-refractivity contribution in [1.29, 1.82) is 0 Å². The van der Waals surface area contributed by atoms with Gasteiger partial charge >= 0.3 is 12.1 Å². The van der Waals surface area contributed by atoms with Crippen LogP contribution in [0.2, 0.25) is 0 Å². The van der Waals surface area contributed by atoms with Crippen molar-refractivity contribution in [2.75, 3.05) is 13.1 Å². The molecule has 0 spiro atoms. The Kier molecular flexibility index (Phi) is 7.41. The van der Waals surface area contributed by atoms with Crippen LogP contribution >= 0.6 is 0 Å². The van der Waals surface area contributed by atoms with Crippen molar-refractivity contribution in [1.82, 2.24) is 4.90 Å². The molecule has 0 unspecified atom stereocenters. The quantitative estimate of drug-likeness (QED) is 0.509. The van der Waals surface area contributed by atoms with Crippen LogP contribution in [0.3, 0.4) is 0 Å². The number of carbonyl (C=O) groups excluding carboxylic acids is 2. The molecule has 0 aliphatic rings. The average Bonchev–Trinajstić information content (AvgIpc) is 2.66. The van der Waals surface area contributed by atoms with Gasteiger partial charge in [0.15, 0.2) is 0 Å². The fraction of sp³-hybridized carbons (Fsp3) is 0.364. The van der Waals surface area contributed by atoms with Crippen molar-refractivity contribution in [2.24, 2.45) is 0 Å². The highest BCUT2D eigenvalue weighted by atomic mass is 16.6. The Balaban J connectivity index is 2.04. The van der Waals surface area contributed by atoms with Crippen LogP contribution in [-0.4, -0.2) is 30.1 Å². The van der Waals surface area contributed by atoms with E-state index in [4.69, 9.17) is 9.47 Å². The van der Waals surface area contributed by atoms with E-state index < -0.39 is 5.97 Å². The van der Waals surface area contributed by atoms with Crippen LogP contribution in [-0.2, 0) is 6.42 Å². The molecule has 1 amide bonds. The van der Waals surface area contributed by atoms with Gasteiger partial charge in [-0.3, -0.25) is 0 Å². The molecule has 144 valence electrons. The molecular formula is C22H27NO4. The lowest BCUT2D eigenvalue weighted by atomic mass is 10.1. The maximum atomic E-state index is 12.3. The smallest absolute Gasteiger partial charge is 0.415 e. The average molecular weight is 369 g/mol. The Bertz CT molecular complexity index is 779. The van der Waals surface area contributed by atoms with Crippen molar-refractivity contribution in [2.45, 2.75) is 40.5 Å². The molecule has 0 saturated carbocycles. The first kappa shape index (κ1) is 20.5. The second-order valence-electron chi connectivity index (χ2n) is 6.30. The number of esters is 1. The van der Waals surface area contributed by atoms with Gasteiger partial charge in [0.2, 0.25) is 0 Å². The summed E-state index contributed by atoms with van der Waals surface area (Å²) in [4.78, 5) is 26.0. The van der Waals surface area contributed by atoms with Gasteiger partial charge in [-0.25, -0.2) is 9.59 Å². The van der Waals surface area contributed by atoms with E-state index in [0.29, 0.717) is 30.2 Å². The molecule has 27 heavy (non-hydrogen) atoms. The summed E-state index contributed by atoms with van der Waals surface area (Å²) in [7, 11) is 0. The first-order chi connectivity index (χ1) is 13.0. The largest absolute Gasteiger partial charge is 0.423 e. The van der Waals surface area contributed by atoms with Crippen molar-refractivity contribution in [3.8, 4) is 11.5 Å². The molecule has 0 aromatic heterocycles. The highest BCUT2D eigenvalue weighted by Crippen LogP contribution is 2.25. The molecule has 0 saturated heterocycles. The summed E-state index contributed by atoms with van der Waals surface area (Å²) in [6, 6.07) is 12.4. The molecule has 0 atom stereocenters. The zero-order valence-corrected chi connectivity index (χ0v) is 16.5. The number of ether oxygens (including phenoxy) is 2. The van der Waals surface area contributed by atoms with Crippen LogP contribution in [0.25, 0.3) is 0 Å². The van der Waals surface area contributed by atoms with Gasteiger partial charge in [-0.15, -0.1) is 0 Å². The predicted octanol–water partition coefficient (Wildman–Crippen LogP) is 5.01. The summed E-state index contributed by atoms with van der Waals surface area (Å²) in [5.74, 6) is 0.457. The summed E-state index contributed by atoms with van der Waals surface area (Å²) in [6.45, 7) is 8.89. The van der Waals surface area contributed by atoms with E-state index in [2.05, 4.69) is 6.92 Å². The second kappa shape index (κ2) is 9.76. The first-order valence-corrected chi connectivity index (χ1v) is 9.37. The number of rotatable bonds is 7. The van der Waals surface area contributed by atoms with Crippen LogP contribution in [0.5, 0.6) is 11.5 Å². The Morgan fingerprint density at radius 2 is 1.59 bits per heavy atom. The molecule has 0 N–H and O–H groups in total. The lowest BCUT2D eigenvalue weighted by Gasteiger charge is -2.18. The fourth-order valence-electron chi connectivity index (χ4n) is 2.70. The van der Waals surface area contributed by atoms with Crippen LogP contribution in [0.15, 0.2) is 42.5 Å². The summed E-state index contributed by atoms with van der Waals surface area (Å²) in [5, 5.41) is 0. The molecule has 0 aliphatic heterocycles. The number of benzene rings is 2. The molecule has 2 aromatic carbocycles. The normalized spacial score (nSPS) is 10.4. The van der Waals surface area contributed by atoms with Gasteiger partial charge in [0.1, 0.15) is 11.5 Å². The van der Waals surface area contributed by atoms with E-state index >= 15 is 0 Å². The molecular weight excluding hydrogens is 342 g/mol. The fourth-order valence-corrected chi connectivity index (χ4v) is 2.70. The Morgan fingerprint density at radius 3 is 2.15 bits per heavy atom. The minimum atomic E-state index is -0.412. The van der Waals surface area contributed by atoms with Gasteiger partial charge in [0.05, 0.1) is 5.56 Å². The predicted molar refractivity (Wildman–Crippen MR) is 106 cm³/mol. The minimum absolute atomic E-state index is 0.389. The maximum Gasteiger partial charge on any atom is 0.415 e. The van der Waals surface area contributed by atoms with Gasteiger partial charge < -0.3 is 14.4 Å². The van der Waals surface area contributed by atoms with E-state index in [9.17, 15) is 9.59 Å². The molecule has 5 heteroatoms. The third kappa shape index (κ3) is 5.58. The van der Waals surface area contributed by atoms with Crippen LogP contribution < -0.4 is 9.47 Å². The van der Waals surface area contributed by atoms with Gasteiger partial charge in [-0.1, -0.05) is 25.5 Å². The van der Waals surface area contributed by atoms with Crippen LogP contribution in [0.1, 0.15) is 48.7 Å². The summed E-state index contributed by atoms with van der Waals surface area (Å²) < 4.78 is 10.9. The van der Waals surface area contributed by atoms with Crippen molar-refractivity contribution >= 4 is 12.1 Å². The van der Waals surface area contributed by atoms with E-state index in [1.165, 1.54) is 5.56 Å². The molecule has 2 rings (SSSR count). The number of aryl methyl sites for hydroxylation is 2. The van der Waals surface area contributed by atoms with Crippen molar-refractivity contribution in [3.63, 3.8) is 0 Å². The highest BCUT2D eigenvalue weighted by molar-refractivity contribution is 5.91. The van der Waals surface area contributed by atoms with E-state index in [0.717, 1.165) is 18.4 Å². The Labute approximate surface area is 160 Å². The third-order valence-electron chi connectivity index (χ3n) is 4.30. The third-order valence-corrected chi connectivity index (χ3v) is 4.30. The minimum Gasteiger partial charge on any atom is -0.423 e. The van der Waals surface area contributed by atoms with Crippen LogP contribution in [0.4, 0.5) is 4.79 Å². The molecule has 0 heterocycles. The molecule has 0 radical (unpaired) electrons. The molecule has 2 aromatic rings. The molecule has 0 aliphatic carbocycles. The molecule has 0 bridgehead atoms. The molecule has 5 nitrogen and oxygen atoms in total. The highest BCUT2D eigenvalue weighted by Gasteiger charge is 2.15. The van der Waals surface area contributed by atoms with E-state index in [-0.39, 0.29) is 6.09 Å². The summed E-state index contributed by atoms with van der Waals surface area (Å²) in [5.41, 5.74) is 2.42. The first-order valence-electron chi connectivity index (χ1n) is 9.37. The second-order valence-corrected chi connectivity index (χ2v) is 6.30. The van der Waals surface area contributed by atoms with E-state index in [1.54, 1.807) is 35.2 Å². The van der Waals surface area contributed by atoms with Crippen LogP contribution in [0, 0.1) is 6.92 Å². The summed E-state index contributed by atoms with van der Waals surface area (Å²) in [6.07, 6.45) is 1.66. The number of amides is 1. The lowest BCUT2D eigenvalue weighted by molar-refractivity contribution is 0.0734. The number of hydrogen-bond acceptors (Lipinski definition) is 4. The monoisotopic (exact) mass is 369 g/mol.